The number of fused-ring (bicyclic) bond motifs is 1. The Balaban J connectivity index is 1.68. The predicted octanol–water partition coefficient (Wildman–Crippen LogP) is 3.08. The zero-order valence-electron chi connectivity index (χ0n) is 14.2. The minimum absolute atomic E-state index is 0.0198. The molecule has 0 aliphatic carbocycles. The average Bonchev–Trinajstić information content (AvgIpc) is 2.97. The molecule has 3 N–H and O–H groups in total. The van der Waals surface area contributed by atoms with E-state index in [2.05, 4.69) is 5.32 Å². The average molecular weight is 440 g/mol. The van der Waals surface area contributed by atoms with Crippen molar-refractivity contribution in [3.05, 3.63) is 68.0 Å². The van der Waals surface area contributed by atoms with Gasteiger partial charge in [-0.1, -0.05) is 23.7 Å². The standard InChI is InChI=1S/C17H14ClN3O5S2/c18-15-13-6-3-11(21(23)24)9-14(13)27-16(15)17(22)20-8-7-10-1-4-12(5-2-10)28(19,25)26/h1-6,9H,7-8H2,(H,20,22)(H2,19,25,26). The van der Waals surface area contributed by atoms with Gasteiger partial charge >= 0.3 is 0 Å². The fraction of sp³-hybridized carbons (Fsp3) is 0.118. The second-order valence-corrected chi connectivity index (χ2v) is 8.87. The topological polar surface area (TPSA) is 132 Å². The van der Waals surface area contributed by atoms with Crippen LogP contribution in [0, 0.1) is 10.1 Å². The number of nitro benzene ring substituents is 1. The maximum absolute atomic E-state index is 12.4. The largest absolute Gasteiger partial charge is 0.351 e. The van der Waals surface area contributed by atoms with Gasteiger partial charge in [0, 0.05) is 28.8 Å². The van der Waals surface area contributed by atoms with E-state index in [1.54, 1.807) is 12.1 Å². The molecule has 28 heavy (non-hydrogen) atoms. The first-order valence-corrected chi connectivity index (χ1v) is 10.7. The number of sulfonamides is 1. The van der Waals surface area contributed by atoms with E-state index >= 15 is 0 Å². The molecule has 2 aromatic carbocycles. The highest BCUT2D eigenvalue weighted by Crippen LogP contribution is 2.37. The number of primary sulfonamides is 1. The van der Waals surface area contributed by atoms with Crippen LogP contribution in [0.15, 0.2) is 47.4 Å². The van der Waals surface area contributed by atoms with Crippen LogP contribution in [0.5, 0.6) is 0 Å². The summed E-state index contributed by atoms with van der Waals surface area (Å²) >= 11 is 7.34. The Hall–Kier alpha value is -2.53. The number of amides is 1. The highest BCUT2D eigenvalue weighted by molar-refractivity contribution is 7.89. The summed E-state index contributed by atoms with van der Waals surface area (Å²) in [7, 11) is -3.74. The number of nitro groups is 1. The fourth-order valence-electron chi connectivity index (χ4n) is 2.56. The Labute approximate surface area is 169 Å². The van der Waals surface area contributed by atoms with Gasteiger partial charge in [0.25, 0.3) is 11.6 Å². The molecular formula is C17H14ClN3O5S2. The van der Waals surface area contributed by atoms with Gasteiger partial charge in [-0.3, -0.25) is 14.9 Å². The van der Waals surface area contributed by atoms with Gasteiger partial charge in [-0.05, 0) is 30.2 Å². The summed E-state index contributed by atoms with van der Waals surface area (Å²) in [5.41, 5.74) is 0.756. The van der Waals surface area contributed by atoms with Crippen LogP contribution in [-0.4, -0.2) is 25.8 Å². The predicted molar refractivity (Wildman–Crippen MR) is 107 cm³/mol. The number of nitrogens with two attached hydrogens (primary N) is 1. The highest BCUT2D eigenvalue weighted by atomic mass is 35.5. The summed E-state index contributed by atoms with van der Waals surface area (Å²) in [5.74, 6) is -0.380. The molecule has 1 aromatic heterocycles. The third-order valence-corrected chi connectivity index (χ3v) is 6.57. The Bertz CT molecular complexity index is 1170. The Kier molecular flexibility index (Phi) is 5.66. The summed E-state index contributed by atoms with van der Waals surface area (Å²) in [6.07, 6.45) is 0.477. The van der Waals surface area contributed by atoms with E-state index in [1.165, 1.54) is 30.3 Å². The minimum atomic E-state index is -3.74. The Morgan fingerprint density at radius 3 is 2.50 bits per heavy atom. The number of nitrogens with one attached hydrogen (secondary N) is 1. The van der Waals surface area contributed by atoms with Crippen molar-refractivity contribution in [2.75, 3.05) is 6.54 Å². The lowest BCUT2D eigenvalue weighted by Crippen LogP contribution is -2.25. The van der Waals surface area contributed by atoms with Crippen LogP contribution < -0.4 is 10.5 Å². The quantitative estimate of drug-likeness (QED) is 0.449. The van der Waals surface area contributed by atoms with Gasteiger partial charge in [-0.25, -0.2) is 13.6 Å². The lowest BCUT2D eigenvalue weighted by atomic mass is 10.1. The van der Waals surface area contributed by atoms with Crippen LogP contribution in [0.4, 0.5) is 5.69 Å². The molecule has 1 heterocycles. The molecule has 0 fully saturated rings. The van der Waals surface area contributed by atoms with Crippen LogP contribution in [-0.2, 0) is 16.4 Å². The third kappa shape index (κ3) is 4.30. The van der Waals surface area contributed by atoms with E-state index in [-0.39, 0.29) is 26.4 Å². The van der Waals surface area contributed by atoms with E-state index in [1.807, 2.05) is 0 Å². The zero-order chi connectivity index (χ0) is 20.5. The molecule has 8 nitrogen and oxygen atoms in total. The number of carbonyl (C=O) groups excluding carboxylic acids is 1. The number of hydrogen-bond donors (Lipinski definition) is 2. The van der Waals surface area contributed by atoms with Crippen molar-refractivity contribution >= 4 is 54.6 Å². The normalized spacial score (nSPS) is 11.5. The van der Waals surface area contributed by atoms with Crippen molar-refractivity contribution in [1.82, 2.24) is 5.32 Å². The number of non-ortho nitro benzene ring substituents is 1. The number of thiophene rings is 1. The van der Waals surface area contributed by atoms with Crippen molar-refractivity contribution in [2.24, 2.45) is 5.14 Å². The van der Waals surface area contributed by atoms with Gasteiger partial charge in [-0.15, -0.1) is 11.3 Å². The second kappa shape index (κ2) is 7.84. The van der Waals surface area contributed by atoms with Crippen molar-refractivity contribution in [3.63, 3.8) is 0 Å². The summed E-state index contributed by atoms with van der Waals surface area (Å²) in [4.78, 5) is 23.1. The van der Waals surface area contributed by atoms with Crippen LogP contribution in [0.3, 0.4) is 0 Å². The SMILES string of the molecule is NS(=O)(=O)c1ccc(CCNC(=O)c2sc3cc([N+](=O)[O-])ccc3c2Cl)cc1. The van der Waals surface area contributed by atoms with Crippen molar-refractivity contribution in [3.8, 4) is 0 Å². The molecular weight excluding hydrogens is 426 g/mol. The van der Waals surface area contributed by atoms with E-state index < -0.39 is 14.9 Å². The van der Waals surface area contributed by atoms with Gasteiger partial charge in [0.05, 0.1) is 14.8 Å². The molecule has 0 aliphatic rings. The monoisotopic (exact) mass is 439 g/mol. The van der Waals surface area contributed by atoms with Gasteiger partial charge in [0.2, 0.25) is 10.0 Å². The van der Waals surface area contributed by atoms with Gasteiger partial charge in [0.1, 0.15) is 4.88 Å². The highest BCUT2D eigenvalue weighted by Gasteiger charge is 2.19. The van der Waals surface area contributed by atoms with Crippen molar-refractivity contribution < 1.29 is 18.1 Å². The molecule has 3 aromatic rings. The molecule has 0 saturated heterocycles. The molecule has 0 unspecified atom stereocenters. The lowest BCUT2D eigenvalue weighted by molar-refractivity contribution is -0.384. The summed E-state index contributed by atoms with van der Waals surface area (Å²) in [5, 5.41) is 19.5. The lowest BCUT2D eigenvalue weighted by Gasteiger charge is -2.05. The Morgan fingerprint density at radius 1 is 1.21 bits per heavy atom. The molecule has 11 heteroatoms. The molecule has 1 amide bonds. The molecule has 0 bridgehead atoms. The van der Waals surface area contributed by atoms with Crippen LogP contribution in [0.2, 0.25) is 5.02 Å². The molecule has 146 valence electrons. The number of rotatable bonds is 6. The maximum Gasteiger partial charge on any atom is 0.270 e. The van der Waals surface area contributed by atoms with Crippen molar-refractivity contribution in [2.45, 2.75) is 11.3 Å². The number of nitrogens with zero attached hydrogens (tertiary/aromatic N) is 1. The van der Waals surface area contributed by atoms with E-state index in [0.29, 0.717) is 23.1 Å². The first-order valence-electron chi connectivity index (χ1n) is 7.93. The number of hydrogen-bond acceptors (Lipinski definition) is 6. The maximum atomic E-state index is 12.4. The van der Waals surface area contributed by atoms with Gasteiger partial charge < -0.3 is 5.32 Å². The van der Waals surface area contributed by atoms with Crippen LogP contribution in [0.1, 0.15) is 15.2 Å². The fourth-order valence-corrected chi connectivity index (χ4v) is 4.54. The first kappa shape index (κ1) is 20.2. The number of benzene rings is 2. The molecule has 0 radical (unpaired) electrons. The number of carbonyl (C=O) groups is 1. The summed E-state index contributed by atoms with van der Waals surface area (Å²) < 4.78 is 23.0. The minimum Gasteiger partial charge on any atom is -0.351 e. The summed E-state index contributed by atoms with van der Waals surface area (Å²) in [6.45, 7) is 0.304. The van der Waals surface area contributed by atoms with E-state index in [9.17, 15) is 23.3 Å². The van der Waals surface area contributed by atoms with Crippen LogP contribution in [0.25, 0.3) is 10.1 Å². The van der Waals surface area contributed by atoms with Crippen molar-refractivity contribution in [1.29, 1.82) is 0 Å². The number of halogens is 1. The van der Waals surface area contributed by atoms with Gasteiger partial charge in [0.15, 0.2) is 0 Å². The third-order valence-electron chi connectivity index (χ3n) is 3.98. The zero-order valence-corrected chi connectivity index (χ0v) is 16.6. The molecule has 3 rings (SSSR count). The Morgan fingerprint density at radius 2 is 1.89 bits per heavy atom. The second-order valence-electron chi connectivity index (χ2n) is 5.88. The van der Waals surface area contributed by atoms with Crippen LogP contribution >= 0.6 is 22.9 Å². The van der Waals surface area contributed by atoms with E-state index in [4.69, 9.17) is 16.7 Å². The molecule has 0 aliphatic heterocycles. The first-order chi connectivity index (χ1) is 13.2. The molecule has 0 atom stereocenters. The van der Waals surface area contributed by atoms with Gasteiger partial charge in [-0.2, -0.15) is 0 Å². The summed E-state index contributed by atoms with van der Waals surface area (Å²) in [6, 6.07) is 10.3. The van der Waals surface area contributed by atoms with E-state index in [0.717, 1.165) is 16.9 Å². The smallest absolute Gasteiger partial charge is 0.270 e. The molecule has 0 spiro atoms. The molecule has 0 saturated carbocycles.